The van der Waals surface area contributed by atoms with E-state index in [9.17, 15) is 9.59 Å². The van der Waals surface area contributed by atoms with E-state index >= 15 is 0 Å². The molecule has 2 rings (SSSR count). The van der Waals surface area contributed by atoms with Crippen molar-refractivity contribution in [1.82, 2.24) is 4.57 Å². The Kier molecular flexibility index (Phi) is 3.51. The molecule has 0 aliphatic carbocycles. The fraction of sp³-hybridized carbons (Fsp3) is 0.200. The van der Waals surface area contributed by atoms with Crippen LogP contribution < -0.4 is 0 Å². The van der Waals surface area contributed by atoms with Crippen LogP contribution in [0.5, 0.6) is 0 Å². The topological polar surface area (TPSA) is 48.3 Å². The molecule has 4 heteroatoms. The minimum absolute atomic E-state index is 0.0725. The Morgan fingerprint density at radius 2 is 1.68 bits per heavy atom. The van der Waals surface area contributed by atoms with E-state index in [1.54, 1.807) is 19.1 Å². The van der Waals surface area contributed by atoms with Crippen LogP contribution in [0.3, 0.4) is 0 Å². The van der Waals surface area contributed by atoms with Gasteiger partial charge in [-0.15, -0.1) is 0 Å². The molecule has 1 aromatic heterocycles. The van der Waals surface area contributed by atoms with Crippen LogP contribution in [-0.2, 0) is 4.74 Å². The number of ether oxygens (including phenoxy) is 1. The van der Waals surface area contributed by atoms with Crippen LogP contribution in [0.1, 0.15) is 33.2 Å². The van der Waals surface area contributed by atoms with Crippen molar-refractivity contribution in [3.63, 3.8) is 0 Å². The summed E-state index contributed by atoms with van der Waals surface area (Å²) >= 11 is 0. The second kappa shape index (κ2) is 5.10. The Morgan fingerprint density at radius 3 is 2.21 bits per heavy atom. The third-order valence-electron chi connectivity index (χ3n) is 3.08. The number of carbonyl (C=O) groups excluding carboxylic acids is 2. The summed E-state index contributed by atoms with van der Waals surface area (Å²) in [4.78, 5) is 23.5. The molecule has 0 spiro atoms. The van der Waals surface area contributed by atoms with Gasteiger partial charge in [0.15, 0.2) is 5.78 Å². The van der Waals surface area contributed by atoms with E-state index in [-0.39, 0.29) is 5.78 Å². The van der Waals surface area contributed by atoms with E-state index in [1.165, 1.54) is 14.0 Å². The van der Waals surface area contributed by atoms with Crippen LogP contribution in [0.4, 0.5) is 0 Å². The zero-order valence-corrected chi connectivity index (χ0v) is 11.1. The van der Waals surface area contributed by atoms with Gasteiger partial charge in [0.1, 0.15) is 0 Å². The summed E-state index contributed by atoms with van der Waals surface area (Å²) in [6.45, 7) is 3.24. The summed E-state index contributed by atoms with van der Waals surface area (Å²) in [7, 11) is 1.33. The largest absolute Gasteiger partial charge is 0.465 e. The second-order valence-electron chi connectivity index (χ2n) is 4.30. The second-order valence-corrected chi connectivity index (χ2v) is 4.30. The van der Waals surface area contributed by atoms with Crippen LogP contribution in [0, 0.1) is 6.92 Å². The van der Waals surface area contributed by atoms with Crippen LogP contribution in [0.2, 0.25) is 0 Å². The molecule has 0 radical (unpaired) electrons. The number of hydrogen-bond acceptors (Lipinski definition) is 3. The summed E-state index contributed by atoms with van der Waals surface area (Å²) in [5.74, 6) is -0.509. The normalized spacial score (nSPS) is 10.3. The summed E-state index contributed by atoms with van der Waals surface area (Å²) in [6, 6.07) is 7.27. The molecular formula is C15H15NO3. The van der Waals surface area contributed by atoms with Gasteiger partial charge in [0.2, 0.25) is 0 Å². The first-order valence-electron chi connectivity index (χ1n) is 5.92. The number of benzene rings is 1. The van der Waals surface area contributed by atoms with Crippen LogP contribution in [-0.4, -0.2) is 23.4 Å². The lowest BCUT2D eigenvalue weighted by Crippen LogP contribution is -2.10. The molecule has 0 N–H and O–H groups in total. The van der Waals surface area contributed by atoms with Gasteiger partial charge < -0.3 is 9.30 Å². The van der Waals surface area contributed by atoms with E-state index in [4.69, 9.17) is 4.74 Å². The molecule has 1 heterocycles. The van der Waals surface area contributed by atoms with Gasteiger partial charge in [0.05, 0.1) is 12.7 Å². The van der Waals surface area contributed by atoms with Gasteiger partial charge in [-0.25, -0.2) is 4.79 Å². The molecule has 4 nitrogen and oxygen atoms in total. The first-order valence-corrected chi connectivity index (χ1v) is 5.92. The van der Waals surface area contributed by atoms with Crippen molar-refractivity contribution in [2.45, 2.75) is 13.8 Å². The number of nitrogens with zero attached hydrogens (tertiary/aromatic N) is 1. The molecule has 0 atom stereocenters. The Bertz CT molecular complexity index is 627. The van der Waals surface area contributed by atoms with Gasteiger partial charge in [-0.2, -0.15) is 0 Å². The van der Waals surface area contributed by atoms with E-state index in [0.717, 1.165) is 5.69 Å². The van der Waals surface area contributed by atoms with Gasteiger partial charge in [0, 0.05) is 23.6 Å². The molecule has 0 saturated heterocycles. The Labute approximate surface area is 111 Å². The molecule has 2 aromatic rings. The lowest BCUT2D eigenvalue weighted by molar-refractivity contribution is 0.0600. The number of methoxy groups -OCH3 is 1. The lowest BCUT2D eigenvalue weighted by Gasteiger charge is -2.12. The summed E-state index contributed by atoms with van der Waals surface area (Å²) < 4.78 is 6.61. The molecule has 0 aliphatic heterocycles. The fourth-order valence-corrected chi connectivity index (χ4v) is 2.04. The molecule has 0 unspecified atom stereocenters. The van der Waals surface area contributed by atoms with Crippen molar-refractivity contribution >= 4 is 11.8 Å². The Hall–Kier alpha value is -2.36. The highest BCUT2D eigenvalue weighted by Gasteiger charge is 2.16. The van der Waals surface area contributed by atoms with Gasteiger partial charge in [-0.3, -0.25) is 4.79 Å². The zero-order valence-electron chi connectivity index (χ0n) is 11.1. The van der Waals surface area contributed by atoms with Crippen LogP contribution in [0.25, 0.3) is 5.69 Å². The number of rotatable bonds is 3. The molecule has 19 heavy (non-hydrogen) atoms. The van der Waals surface area contributed by atoms with Crippen molar-refractivity contribution in [2.75, 3.05) is 7.11 Å². The monoisotopic (exact) mass is 257 g/mol. The summed E-state index contributed by atoms with van der Waals surface area (Å²) in [5, 5.41) is 0. The summed E-state index contributed by atoms with van der Waals surface area (Å²) in [6.07, 6.45) is 3.71. The van der Waals surface area contributed by atoms with E-state index < -0.39 is 5.97 Å². The molecule has 98 valence electrons. The first-order chi connectivity index (χ1) is 9.04. The number of hydrogen-bond donors (Lipinski definition) is 0. The lowest BCUT2D eigenvalue weighted by atomic mass is 9.98. The predicted octanol–water partition coefficient (Wildman–Crippen LogP) is 2.77. The van der Waals surface area contributed by atoms with Crippen LogP contribution in [0.15, 0.2) is 36.7 Å². The number of carbonyl (C=O) groups is 2. The maximum absolute atomic E-state index is 11.8. The minimum atomic E-state index is -0.436. The van der Waals surface area contributed by atoms with Gasteiger partial charge >= 0.3 is 5.97 Å². The Morgan fingerprint density at radius 1 is 1.11 bits per heavy atom. The van der Waals surface area contributed by atoms with Crippen molar-refractivity contribution in [1.29, 1.82) is 0 Å². The fourth-order valence-electron chi connectivity index (χ4n) is 2.04. The van der Waals surface area contributed by atoms with Gasteiger partial charge in [-0.1, -0.05) is 0 Å². The average molecular weight is 257 g/mol. The quantitative estimate of drug-likeness (QED) is 0.627. The molecule has 0 aliphatic rings. The molecular weight excluding hydrogens is 242 g/mol. The maximum Gasteiger partial charge on any atom is 0.338 e. The van der Waals surface area contributed by atoms with Crippen molar-refractivity contribution in [3.8, 4) is 5.69 Å². The predicted molar refractivity (Wildman–Crippen MR) is 71.9 cm³/mol. The SMILES string of the molecule is COC(=O)c1cc(-n2cccc2)cc(C(C)=O)c1C. The van der Waals surface area contributed by atoms with Crippen molar-refractivity contribution < 1.29 is 14.3 Å². The van der Waals surface area contributed by atoms with E-state index in [2.05, 4.69) is 0 Å². The standard InChI is InChI=1S/C15H15NO3/c1-10-13(11(2)17)8-12(16-6-4-5-7-16)9-14(10)15(18)19-3/h4-9H,1-3H3. The molecule has 1 aromatic carbocycles. The molecule has 0 saturated carbocycles. The highest BCUT2D eigenvalue weighted by atomic mass is 16.5. The first kappa shape index (κ1) is 13.1. The van der Waals surface area contributed by atoms with E-state index in [1.807, 2.05) is 29.1 Å². The minimum Gasteiger partial charge on any atom is -0.465 e. The smallest absolute Gasteiger partial charge is 0.338 e. The van der Waals surface area contributed by atoms with Crippen LogP contribution >= 0.6 is 0 Å². The number of ketones is 1. The molecule has 0 fully saturated rings. The molecule has 0 amide bonds. The maximum atomic E-state index is 11.8. The van der Waals surface area contributed by atoms with Gasteiger partial charge in [-0.05, 0) is 43.7 Å². The number of Topliss-reactive ketones (excluding diaryl/α,β-unsaturated/α-hetero) is 1. The van der Waals surface area contributed by atoms with Gasteiger partial charge in [0.25, 0.3) is 0 Å². The highest BCUT2D eigenvalue weighted by Crippen LogP contribution is 2.21. The Balaban J connectivity index is 2.67. The zero-order chi connectivity index (χ0) is 14.0. The third kappa shape index (κ3) is 2.42. The number of esters is 1. The molecule has 0 bridgehead atoms. The van der Waals surface area contributed by atoms with E-state index in [0.29, 0.717) is 16.7 Å². The summed E-state index contributed by atoms with van der Waals surface area (Å²) in [5.41, 5.74) is 2.36. The third-order valence-corrected chi connectivity index (χ3v) is 3.08. The average Bonchev–Trinajstić information content (AvgIpc) is 2.91. The van der Waals surface area contributed by atoms with Crippen molar-refractivity contribution in [3.05, 3.63) is 53.3 Å². The highest BCUT2D eigenvalue weighted by molar-refractivity contribution is 6.01. The van der Waals surface area contributed by atoms with Crippen molar-refractivity contribution in [2.24, 2.45) is 0 Å². The number of aromatic nitrogens is 1.